The van der Waals surface area contributed by atoms with Crippen LogP contribution >= 0.6 is 15.9 Å². The zero-order valence-corrected chi connectivity index (χ0v) is 13.1. The Hall–Kier alpha value is -1.49. The Bertz CT molecular complexity index is 636. The number of ether oxygens (including phenoxy) is 1. The Morgan fingerprint density at radius 2 is 1.67 bits per heavy atom. The highest BCUT2D eigenvalue weighted by Gasteiger charge is 2.33. The van der Waals surface area contributed by atoms with Crippen LogP contribution in [0.15, 0.2) is 46.9 Å². The molecule has 2 aromatic carbocycles. The standard InChI is InChI=1S/C16H14BrF3O/c1-10(2)21-15-9-11(17)7-8-13(15)12-5-3-4-6-14(12)16(18,19)20/h3-10H,1-2H3. The van der Waals surface area contributed by atoms with Crippen molar-refractivity contribution in [3.8, 4) is 16.9 Å². The number of alkyl halides is 3. The molecule has 0 heterocycles. The molecule has 0 fully saturated rings. The van der Waals surface area contributed by atoms with Crippen molar-refractivity contribution in [1.29, 1.82) is 0 Å². The molecule has 21 heavy (non-hydrogen) atoms. The molecule has 0 amide bonds. The summed E-state index contributed by atoms with van der Waals surface area (Å²) in [7, 11) is 0. The first-order valence-corrected chi connectivity index (χ1v) is 7.21. The van der Waals surface area contributed by atoms with Gasteiger partial charge in [0.25, 0.3) is 0 Å². The SMILES string of the molecule is CC(C)Oc1cc(Br)ccc1-c1ccccc1C(F)(F)F. The molecule has 0 aliphatic rings. The summed E-state index contributed by atoms with van der Waals surface area (Å²) < 4.78 is 45.9. The maximum Gasteiger partial charge on any atom is 0.417 e. The van der Waals surface area contributed by atoms with Crippen LogP contribution in [0, 0.1) is 0 Å². The predicted octanol–water partition coefficient (Wildman–Crippen LogP) is 5.92. The molecular weight excluding hydrogens is 345 g/mol. The average molecular weight is 359 g/mol. The van der Waals surface area contributed by atoms with Gasteiger partial charge in [-0.3, -0.25) is 0 Å². The number of benzene rings is 2. The fraction of sp³-hybridized carbons (Fsp3) is 0.250. The van der Waals surface area contributed by atoms with Gasteiger partial charge in [-0.1, -0.05) is 34.1 Å². The Morgan fingerprint density at radius 3 is 2.29 bits per heavy atom. The van der Waals surface area contributed by atoms with Gasteiger partial charge in [0.2, 0.25) is 0 Å². The highest BCUT2D eigenvalue weighted by atomic mass is 79.9. The molecule has 0 radical (unpaired) electrons. The van der Waals surface area contributed by atoms with Gasteiger partial charge in [0.05, 0.1) is 11.7 Å². The maximum atomic E-state index is 13.2. The second-order valence-electron chi connectivity index (χ2n) is 4.85. The van der Waals surface area contributed by atoms with E-state index in [4.69, 9.17) is 4.74 Å². The first-order chi connectivity index (χ1) is 9.79. The minimum Gasteiger partial charge on any atom is -0.490 e. The maximum absolute atomic E-state index is 13.2. The van der Waals surface area contributed by atoms with E-state index in [1.54, 1.807) is 24.3 Å². The van der Waals surface area contributed by atoms with Crippen LogP contribution in [-0.4, -0.2) is 6.10 Å². The Kier molecular flexibility index (Phi) is 4.61. The summed E-state index contributed by atoms with van der Waals surface area (Å²) in [6, 6.07) is 10.5. The molecule has 0 N–H and O–H groups in total. The van der Waals surface area contributed by atoms with Crippen LogP contribution in [0.3, 0.4) is 0 Å². The number of hydrogen-bond donors (Lipinski definition) is 0. The van der Waals surface area contributed by atoms with E-state index in [9.17, 15) is 13.2 Å². The van der Waals surface area contributed by atoms with Gasteiger partial charge < -0.3 is 4.74 Å². The summed E-state index contributed by atoms with van der Waals surface area (Å²) in [5.74, 6) is 0.427. The lowest BCUT2D eigenvalue weighted by Gasteiger charge is -2.18. The predicted molar refractivity (Wildman–Crippen MR) is 80.3 cm³/mol. The lowest BCUT2D eigenvalue weighted by atomic mass is 9.98. The molecule has 0 spiro atoms. The van der Waals surface area contributed by atoms with Gasteiger partial charge >= 0.3 is 6.18 Å². The molecular formula is C16H14BrF3O. The van der Waals surface area contributed by atoms with Crippen LogP contribution < -0.4 is 4.74 Å². The highest BCUT2D eigenvalue weighted by Crippen LogP contribution is 2.41. The van der Waals surface area contributed by atoms with Crippen LogP contribution in [0.2, 0.25) is 0 Å². The third kappa shape index (κ3) is 3.79. The third-order valence-corrected chi connectivity index (χ3v) is 3.32. The third-order valence-electron chi connectivity index (χ3n) is 2.83. The van der Waals surface area contributed by atoms with Crippen molar-refractivity contribution >= 4 is 15.9 Å². The summed E-state index contributed by atoms with van der Waals surface area (Å²) in [6.07, 6.45) is -4.53. The first kappa shape index (κ1) is 15.9. The molecule has 5 heteroatoms. The van der Waals surface area contributed by atoms with Gasteiger partial charge in [-0.05, 0) is 43.7 Å². The van der Waals surface area contributed by atoms with Crippen LogP contribution in [0.4, 0.5) is 13.2 Å². The van der Waals surface area contributed by atoms with Crippen LogP contribution in [-0.2, 0) is 6.18 Å². The van der Waals surface area contributed by atoms with E-state index < -0.39 is 11.7 Å². The van der Waals surface area contributed by atoms with E-state index >= 15 is 0 Å². The molecule has 112 valence electrons. The Morgan fingerprint density at radius 1 is 1.00 bits per heavy atom. The van der Waals surface area contributed by atoms with Crippen molar-refractivity contribution in [3.05, 3.63) is 52.5 Å². The molecule has 0 bridgehead atoms. The number of hydrogen-bond acceptors (Lipinski definition) is 1. The average Bonchev–Trinajstić information content (AvgIpc) is 2.37. The molecule has 0 aromatic heterocycles. The van der Waals surface area contributed by atoms with Gasteiger partial charge in [-0.25, -0.2) is 0 Å². The molecule has 0 unspecified atom stereocenters. The van der Waals surface area contributed by atoms with E-state index in [2.05, 4.69) is 15.9 Å². The zero-order valence-electron chi connectivity index (χ0n) is 11.5. The van der Waals surface area contributed by atoms with E-state index in [1.807, 2.05) is 13.8 Å². The van der Waals surface area contributed by atoms with Gasteiger partial charge in [-0.15, -0.1) is 0 Å². The molecule has 2 rings (SSSR count). The van der Waals surface area contributed by atoms with Crippen molar-refractivity contribution in [1.82, 2.24) is 0 Å². The monoisotopic (exact) mass is 358 g/mol. The van der Waals surface area contributed by atoms with Gasteiger partial charge in [0.15, 0.2) is 0 Å². The van der Waals surface area contributed by atoms with Crippen molar-refractivity contribution in [2.24, 2.45) is 0 Å². The Labute approximate surface area is 129 Å². The summed E-state index contributed by atoms with van der Waals surface area (Å²) in [5, 5.41) is 0. The minimum absolute atomic E-state index is 0.119. The molecule has 0 saturated carbocycles. The lowest BCUT2D eigenvalue weighted by molar-refractivity contribution is -0.137. The molecule has 0 aliphatic carbocycles. The van der Waals surface area contributed by atoms with E-state index in [1.165, 1.54) is 12.1 Å². The molecule has 1 nitrogen and oxygen atoms in total. The second-order valence-corrected chi connectivity index (χ2v) is 5.77. The largest absolute Gasteiger partial charge is 0.490 e. The first-order valence-electron chi connectivity index (χ1n) is 6.42. The normalized spacial score (nSPS) is 11.8. The summed E-state index contributed by atoms with van der Waals surface area (Å²) in [6.45, 7) is 3.67. The second kappa shape index (κ2) is 6.10. The van der Waals surface area contributed by atoms with Crippen molar-refractivity contribution in [2.75, 3.05) is 0 Å². The van der Waals surface area contributed by atoms with Crippen LogP contribution in [0.1, 0.15) is 19.4 Å². The highest BCUT2D eigenvalue weighted by molar-refractivity contribution is 9.10. The van der Waals surface area contributed by atoms with Gasteiger partial charge in [0, 0.05) is 10.0 Å². The Balaban J connectivity index is 2.62. The quantitative estimate of drug-likeness (QED) is 0.661. The van der Waals surface area contributed by atoms with E-state index in [-0.39, 0.29) is 11.7 Å². The smallest absolute Gasteiger partial charge is 0.417 e. The van der Waals surface area contributed by atoms with E-state index in [0.717, 1.165) is 10.5 Å². The fourth-order valence-corrected chi connectivity index (χ4v) is 2.38. The van der Waals surface area contributed by atoms with Gasteiger partial charge in [-0.2, -0.15) is 13.2 Å². The molecule has 0 atom stereocenters. The molecule has 0 aliphatic heterocycles. The van der Waals surface area contributed by atoms with Crippen molar-refractivity contribution in [2.45, 2.75) is 26.1 Å². The number of rotatable bonds is 3. The van der Waals surface area contributed by atoms with Crippen LogP contribution in [0.5, 0.6) is 5.75 Å². The summed E-state index contributed by atoms with van der Waals surface area (Å²) in [4.78, 5) is 0. The summed E-state index contributed by atoms with van der Waals surface area (Å²) >= 11 is 3.31. The van der Waals surface area contributed by atoms with Crippen molar-refractivity contribution in [3.63, 3.8) is 0 Å². The van der Waals surface area contributed by atoms with Gasteiger partial charge in [0.1, 0.15) is 5.75 Å². The molecule has 2 aromatic rings. The molecule has 0 saturated heterocycles. The topological polar surface area (TPSA) is 9.23 Å². The number of halogens is 4. The van der Waals surface area contributed by atoms with Crippen molar-refractivity contribution < 1.29 is 17.9 Å². The lowest BCUT2D eigenvalue weighted by Crippen LogP contribution is -2.09. The van der Waals surface area contributed by atoms with E-state index in [0.29, 0.717) is 11.3 Å². The van der Waals surface area contributed by atoms with Crippen LogP contribution in [0.25, 0.3) is 11.1 Å². The minimum atomic E-state index is -4.40. The fourth-order valence-electron chi connectivity index (χ4n) is 2.04. The summed E-state index contributed by atoms with van der Waals surface area (Å²) in [5.41, 5.74) is -0.117. The zero-order chi connectivity index (χ0) is 15.6.